The number of nitrogens with one attached hydrogen (secondary N) is 4. The molecule has 0 bridgehead atoms. The Bertz CT molecular complexity index is 1520. The topological polar surface area (TPSA) is 393 Å². The van der Waals surface area contributed by atoms with Crippen LogP contribution in [0.25, 0.3) is 0 Å². The van der Waals surface area contributed by atoms with Gasteiger partial charge in [-0.25, -0.2) is 0 Å². The molecule has 0 spiro atoms. The maximum absolute atomic E-state index is 14.0. The molecule has 0 aromatic heterocycles. The molecule has 0 radical (unpaired) electrons. The highest BCUT2D eigenvalue weighted by Gasteiger charge is 2.52. The van der Waals surface area contributed by atoms with Crippen LogP contribution in [0.15, 0.2) is 34.3 Å². The number of carbonyl (C=O) groups excluding carboxylic acids is 4. The number of aliphatic hydroxyl groups is 7. The van der Waals surface area contributed by atoms with Gasteiger partial charge in [0.1, 0.15) is 66.8 Å². The Hall–Kier alpha value is -4.72. The van der Waals surface area contributed by atoms with Gasteiger partial charge in [-0.3, -0.25) is 24.4 Å². The van der Waals surface area contributed by atoms with E-state index < -0.39 is 117 Å². The molecular weight excluding hydrogens is 708 g/mol. The molecule has 13 atom stereocenters. The van der Waals surface area contributed by atoms with Gasteiger partial charge in [0, 0.05) is 0 Å². The zero-order valence-corrected chi connectivity index (χ0v) is 28.1. The molecule has 0 aliphatic carbocycles. The Morgan fingerprint density at radius 3 is 2.13 bits per heavy atom. The highest BCUT2D eigenvalue weighted by atomic mass is 16.6. The van der Waals surface area contributed by atoms with E-state index in [1.54, 1.807) is 0 Å². The summed E-state index contributed by atoms with van der Waals surface area (Å²) in [7, 11) is 0. The first-order valence-corrected chi connectivity index (χ1v) is 16.4. The van der Waals surface area contributed by atoms with Crippen LogP contribution in [0.2, 0.25) is 0 Å². The highest BCUT2D eigenvalue weighted by Crippen LogP contribution is 2.28. The number of ether oxygens (including phenoxy) is 1. The third-order valence-electron chi connectivity index (χ3n) is 9.06. The van der Waals surface area contributed by atoms with Crippen molar-refractivity contribution in [3.05, 3.63) is 29.8 Å². The second-order valence-electron chi connectivity index (χ2n) is 12.7. The molecule has 3 aliphatic heterocycles. The van der Waals surface area contributed by atoms with Crippen molar-refractivity contribution in [2.45, 2.75) is 85.5 Å². The molecule has 3 heterocycles. The SMILES string of the molecule is NC1=NCC(C(O)[C@H](NC(=O)[C@@H](N)Cc2ccc(O)cc2)C(=O)N[C@@H](C(=O)N[C@H](C=O)CO)C(O)C2CN=C(N)N2C2O[C@H](CO)[C@@H](O)[C@H](O)[C@@H]2O)N1. The number of aliphatic hydroxyl groups excluding tert-OH is 7. The second-order valence-corrected chi connectivity index (χ2v) is 12.7. The minimum absolute atomic E-state index is 0.0282. The van der Waals surface area contributed by atoms with Crippen LogP contribution >= 0.6 is 0 Å². The summed E-state index contributed by atoms with van der Waals surface area (Å²) in [6, 6.07) is -3.49. The lowest BCUT2D eigenvalue weighted by molar-refractivity contribution is -0.260. The summed E-state index contributed by atoms with van der Waals surface area (Å²) in [4.78, 5) is 61.3. The molecule has 53 heavy (non-hydrogen) atoms. The lowest BCUT2D eigenvalue weighted by Gasteiger charge is -2.46. The van der Waals surface area contributed by atoms with Gasteiger partial charge in [0.25, 0.3) is 0 Å². The quantitative estimate of drug-likeness (QED) is 0.0697. The van der Waals surface area contributed by atoms with Crippen molar-refractivity contribution in [3.8, 4) is 5.75 Å². The summed E-state index contributed by atoms with van der Waals surface area (Å²) in [6.07, 6.45) is -12.4. The van der Waals surface area contributed by atoms with Gasteiger partial charge >= 0.3 is 0 Å². The molecule has 23 nitrogen and oxygen atoms in total. The Balaban J connectivity index is 1.63. The van der Waals surface area contributed by atoms with Crippen LogP contribution in [0.3, 0.4) is 0 Å². The third kappa shape index (κ3) is 9.45. The van der Waals surface area contributed by atoms with Gasteiger partial charge in [0.05, 0.1) is 44.4 Å². The average molecular weight is 755 g/mol. The molecular formula is C30H46N10O13. The number of hydrogen-bond acceptors (Lipinski definition) is 20. The first kappa shape index (κ1) is 41.0. The third-order valence-corrected chi connectivity index (χ3v) is 9.06. The zero-order chi connectivity index (χ0) is 39.1. The van der Waals surface area contributed by atoms with E-state index in [2.05, 4.69) is 31.3 Å². The monoisotopic (exact) mass is 754 g/mol. The van der Waals surface area contributed by atoms with E-state index in [4.69, 9.17) is 21.9 Å². The molecule has 3 aliphatic rings. The number of aldehydes is 1. The Morgan fingerprint density at radius 1 is 0.925 bits per heavy atom. The smallest absolute Gasteiger partial charge is 0.246 e. The molecule has 4 rings (SSSR count). The minimum Gasteiger partial charge on any atom is -0.508 e. The van der Waals surface area contributed by atoms with Gasteiger partial charge in [0.2, 0.25) is 17.7 Å². The fourth-order valence-electron chi connectivity index (χ4n) is 6.05. The molecule has 1 aromatic carbocycles. The number of aliphatic imine (C=N–C) groups is 2. The number of rotatable bonds is 16. The molecule has 5 unspecified atom stereocenters. The Labute approximate surface area is 301 Å². The maximum Gasteiger partial charge on any atom is 0.246 e. The summed E-state index contributed by atoms with van der Waals surface area (Å²) >= 11 is 0. The fraction of sp³-hybridized carbons (Fsp3) is 0.600. The van der Waals surface area contributed by atoms with Crippen molar-refractivity contribution in [2.75, 3.05) is 26.3 Å². The van der Waals surface area contributed by atoms with Gasteiger partial charge in [-0.1, -0.05) is 12.1 Å². The van der Waals surface area contributed by atoms with E-state index in [9.17, 15) is 60.0 Å². The van der Waals surface area contributed by atoms with E-state index >= 15 is 0 Å². The number of benzene rings is 1. The number of aromatic hydroxyl groups is 1. The normalized spacial score (nSPS) is 29.0. The van der Waals surface area contributed by atoms with Gasteiger partial charge in [-0.2, -0.15) is 0 Å². The van der Waals surface area contributed by atoms with Crippen LogP contribution < -0.4 is 38.5 Å². The summed E-state index contributed by atoms with van der Waals surface area (Å²) in [5.74, 6) is -3.92. The van der Waals surface area contributed by atoms with Gasteiger partial charge in [-0.15, -0.1) is 0 Å². The van der Waals surface area contributed by atoms with Gasteiger partial charge in [-0.05, 0) is 24.1 Å². The summed E-state index contributed by atoms with van der Waals surface area (Å²) in [6.45, 7) is -2.23. The van der Waals surface area contributed by atoms with Crippen LogP contribution in [-0.2, 0) is 30.3 Å². The largest absolute Gasteiger partial charge is 0.508 e. The van der Waals surface area contributed by atoms with Crippen LogP contribution in [0.5, 0.6) is 5.75 Å². The van der Waals surface area contributed by atoms with Crippen molar-refractivity contribution in [3.63, 3.8) is 0 Å². The summed E-state index contributed by atoms with van der Waals surface area (Å²) < 4.78 is 5.58. The lowest BCUT2D eigenvalue weighted by Crippen LogP contribution is -2.70. The second kappa shape index (κ2) is 17.9. The summed E-state index contributed by atoms with van der Waals surface area (Å²) in [5, 5.41) is 92.7. The van der Waals surface area contributed by atoms with Crippen molar-refractivity contribution >= 4 is 35.9 Å². The van der Waals surface area contributed by atoms with Crippen molar-refractivity contribution in [1.82, 2.24) is 26.2 Å². The lowest BCUT2D eigenvalue weighted by atomic mass is 9.95. The van der Waals surface area contributed by atoms with Gasteiger partial charge in [0.15, 0.2) is 18.1 Å². The first-order chi connectivity index (χ1) is 25.1. The molecule has 18 N–H and O–H groups in total. The molecule has 294 valence electrons. The van der Waals surface area contributed by atoms with Crippen molar-refractivity contribution in [2.24, 2.45) is 27.2 Å². The standard InChI is InChI=1S/C30H46N10O13/c31-14(5-11-1-3-13(44)4-2-11)25(50)38-18(20(45)15-6-34-29(32)37-15)27(52)39-19(26(51)36-12(8-41)9-42)21(46)16-7-35-30(33)40(16)28-24(49)23(48)22(47)17(10-43)53-28/h1-4,8,12,14-24,28,42-49H,5-7,9-10,31H2,(H2,33,35)(H,36,51)(H,38,50)(H,39,52)(H3,32,34,37)/t12-,14+,15?,16?,17-,18+,19-,20?,21?,22-,23+,24+,28?/m1/s1. The highest BCUT2D eigenvalue weighted by molar-refractivity contribution is 5.94. The van der Waals surface area contributed by atoms with Crippen molar-refractivity contribution < 1.29 is 64.8 Å². The molecule has 3 amide bonds. The predicted octanol–water partition coefficient (Wildman–Crippen LogP) is -9.29. The fourth-order valence-corrected chi connectivity index (χ4v) is 6.05. The van der Waals surface area contributed by atoms with Crippen LogP contribution in [0.4, 0.5) is 0 Å². The van der Waals surface area contributed by atoms with Crippen molar-refractivity contribution in [1.29, 1.82) is 0 Å². The molecule has 1 fully saturated rings. The average Bonchev–Trinajstić information content (AvgIpc) is 3.76. The number of phenols is 1. The predicted molar refractivity (Wildman–Crippen MR) is 180 cm³/mol. The Morgan fingerprint density at radius 2 is 1.55 bits per heavy atom. The number of hydrogen-bond donors (Lipinski definition) is 15. The molecule has 1 aromatic rings. The number of nitrogens with zero attached hydrogens (tertiary/aromatic N) is 3. The van der Waals surface area contributed by atoms with E-state index in [-0.39, 0.29) is 36.9 Å². The molecule has 1 saturated heterocycles. The summed E-state index contributed by atoms with van der Waals surface area (Å²) in [5.41, 5.74) is 18.4. The first-order valence-electron chi connectivity index (χ1n) is 16.4. The van der Waals surface area contributed by atoms with Crippen LogP contribution in [0.1, 0.15) is 5.56 Å². The maximum atomic E-state index is 14.0. The van der Waals surface area contributed by atoms with E-state index in [1.165, 1.54) is 24.3 Å². The molecule has 0 saturated carbocycles. The zero-order valence-electron chi connectivity index (χ0n) is 28.1. The molecule has 23 heteroatoms. The number of phenolic OH excluding ortho intramolecular Hbond substituents is 1. The van der Waals surface area contributed by atoms with Crippen LogP contribution in [0, 0.1) is 0 Å². The number of carbonyl (C=O) groups is 4. The van der Waals surface area contributed by atoms with E-state index in [0.29, 0.717) is 5.56 Å². The number of nitrogens with two attached hydrogens (primary N) is 3. The Kier molecular flexibility index (Phi) is 13.8. The van der Waals surface area contributed by atoms with Crippen LogP contribution in [-0.4, -0.2) is 187 Å². The number of guanidine groups is 2. The minimum atomic E-state index is -2.08. The van der Waals surface area contributed by atoms with E-state index in [1.807, 2.05) is 0 Å². The van der Waals surface area contributed by atoms with E-state index in [0.717, 1.165) is 4.90 Å². The van der Waals surface area contributed by atoms with Gasteiger partial charge < -0.3 is 93.8 Å². The number of amides is 3.